The standard InChI is InChI=1S/C23H28N4O3/c1-25-14-17(13-24-23(25)28)15-26-9-5-19(6-10-26)30-22-4-2-3-21-20(22)7-11-27(21)18-8-12-29-16-18/h2-4,7,11,13-14,18-19H,5-6,8-10,12,15-16H2,1H3. The number of likely N-dealkylation sites (tertiary alicyclic amines) is 1. The zero-order valence-electron chi connectivity index (χ0n) is 17.4. The van der Waals surface area contributed by atoms with Gasteiger partial charge in [0.05, 0.1) is 18.2 Å². The Morgan fingerprint density at radius 3 is 2.83 bits per heavy atom. The predicted octanol–water partition coefficient (Wildman–Crippen LogP) is 2.74. The van der Waals surface area contributed by atoms with Crippen molar-refractivity contribution in [3.8, 4) is 5.75 Å². The maximum Gasteiger partial charge on any atom is 0.347 e. The number of piperidine rings is 1. The first-order valence-electron chi connectivity index (χ1n) is 10.8. The van der Waals surface area contributed by atoms with Crippen molar-refractivity contribution in [3.05, 3.63) is 58.9 Å². The van der Waals surface area contributed by atoms with Crippen LogP contribution in [0.25, 0.3) is 10.9 Å². The lowest BCUT2D eigenvalue weighted by atomic mass is 10.1. The quantitative estimate of drug-likeness (QED) is 0.650. The maximum atomic E-state index is 11.5. The number of aromatic nitrogens is 3. The summed E-state index contributed by atoms with van der Waals surface area (Å²) in [5.74, 6) is 0.978. The molecule has 4 heterocycles. The Morgan fingerprint density at radius 1 is 1.20 bits per heavy atom. The van der Waals surface area contributed by atoms with Crippen LogP contribution in [0, 0.1) is 0 Å². The topological polar surface area (TPSA) is 61.5 Å². The second-order valence-electron chi connectivity index (χ2n) is 8.38. The normalized spacial score (nSPS) is 20.8. The Kier molecular flexibility index (Phi) is 5.31. The van der Waals surface area contributed by atoms with E-state index in [2.05, 4.69) is 44.9 Å². The van der Waals surface area contributed by atoms with Crippen LogP contribution in [-0.4, -0.2) is 51.4 Å². The summed E-state index contributed by atoms with van der Waals surface area (Å²) >= 11 is 0. The molecule has 1 atom stereocenters. The van der Waals surface area contributed by atoms with Crippen molar-refractivity contribution in [2.75, 3.05) is 26.3 Å². The van der Waals surface area contributed by atoms with Gasteiger partial charge in [0, 0.05) is 62.8 Å². The second-order valence-corrected chi connectivity index (χ2v) is 8.38. The summed E-state index contributed by atoms with van der Waals surface area (Å²) < 4.78 is 15.9. The van der Waals surface area contributed by atoms with E-state index in [-0.39, 0.29) is 11.8 Å². The fourth-order valence-electron chi connectivity index (χ4n) is 4.59. The molecule has 2 saturated heterocycles. The summed E-state index contributed by atoms with van der Waals surface area (Å²) in [6, 6.07) is 8.94. The Labute approximate surface area is 175 Å². The molecule has 7 heteroatoms. The van der Waals surface area contributed by atoms with E-state index in [1.807, 2.05) is 6.20 Å². The lowest BCUT2D eigenvalue weighted by molar-refractivity contribution is 0.0978. The van der Waals surface area contributed by atoms with Crippen LogP contribution >= 0.6 is 0 Å². The minimum Gasteiger partial charge on any atom is -0.490 e. The van der Waals surface area contributed by atoms with Crippen LogP contribution < -0.4 is 10.4 Å². The third kappa shape index (κ3) is 3.87. The Balaban J connectivity index is 1.22. The first-order valence-corrected chi connectivity index (χ1v) is 10.8. The molecule has 0 N–H and O–H groups in total. The molecule has 0 amide bonds. The highest BCUT2D eigenvalue weighted by Crippen LogP contribution is 2.32. The number of hydrogen-bond acceptors (Lipinski definition) is 5. The van der Waals surface area contributed by atoms with Gasteiger partial charge in [-0.05, 0) is 37.5 Å². The van der Waals surface area contributed by atoms with Crippen molar-refractivity contribution in [1.82, 2.24) is 19.0 Å². The number of hydrogen-bond donors (Lipinski definition) is 0. The van der Waals surface area contributed by atoms with E-state index in [0.29, 0.717) is 6.04 Å². The molecule has 0 saturated carbocycles. The molecule has 0 bridgehead atoms. The van der Waals surface area contributed by atoms with Crippen molar-refractivity contribution < 1.29 is 9.47 Å². The zero-order valence-corrected chi connectivity index (χ0v) is 17.4. The van der Waals surface area contributed by atoms with Gasteiger partial charge >= 0.3 is 5.69 Å². The van der Waals surface area contributed by atoms with E-state index in [1.54, 1.807) is 13.2 Å². The molecule has 0 aliphatic carbocycles. The SMILES string of the molecule is Cn1cc(CN2CCC(Oc3cccc4c3ccn4C3CCOC3)CC2)cnc1=O. The van der Waals surface area contributed by atoms with Crippen molar-refractivity contribution >= 4 is 10.9 Å². The lowest BCUT2D eigenvalue weighted by Gasteiger charge is -2.32. The Morgan fingerprint density at radius 2 is 2.07 bits per heavy atom. The number of nitrogens with zero attached hydrogens (tertiary/aromatic N) is 4. The van der Waals surface area contributed by atoms with Gasteiger partial charge in [0.25, 0.3) is 0 Å². The highest BCUT2D eigenvalue weighted by Gasteiger charge is 2.23. The number of benzene rings is 1. The highest BCUT2D eigenvalue weighted by molar-refractivity contribution is 5.86. The van der Waals surface area contributed by atoms with Gasteiger partial charge in [-0.3, -0.25) is 4.90 Å². The summed E-state index contributed by atoms with van der Waals surface area (Å²) in [7, 11) is 1.74. The van der Waals surface area contributed by atoms with Gasteiger partial charge in [-0.2, -0.15) is 0 Å². The van der Waals surface area contributed by atoms with E-state index >= 15 is 0 Å². The molecule has 7 nitrogen and oxygen atoms in total. The molecule has 1 aromatic carbocycles. The van der Waals surface area contributed by atoms with Gasteiger partial charge in [-0.1, -0.05) is 6.07 Å². The van der Waals surface area contributed by atoms with Crippen molar-refractivity contribution in [3.63, 3.8) is 0 Å². The fourth-order valence-corrected chi connectivity index (χ4v) is 4.59. The molecule has 30 heavy (non-hydrogen) atoms. The van der Waals surface area contributed by atoms with Crippen LogP contribution in [0.3, 0.4) is 0 Å². The third-order valence-corrected chi connectivity index (χ3v) is 6.26. The molecule has 3 aromatic rings. The molecular weight excluding hydrogens is 380 g/mol. The average molecular weight is 409 g/mol. The molecule has 2 aliphatic rings. The molecule has 158 valence electrons. The summed E-state index contributed by atoms with van der Waals surface area (Å²) in [5, 5.41) is 1.18. The number of fused-ring (bicyclic) bond motifs is 1. The predicted molar refractivity (Wildman–Crippen MR) is 115 cm³/mol. The van der Waals surface area contributed by atoms with E-state index in [9.17, 15) is 4.79 Å². The van der Waals surface area contributed by atoms with Crippen LogP contribution in [-0.2, 0) is 18.3 Å². The Hall–Kier alpha value is -2.64. The largest absolute Gasteiger partial charge is 0.490 e. The van der Waals surface area contributed by atoms with E-state index in [4.69, 9.17) is 9.47 Å². The zero-order chi connectivity index (χ0) is 20.5. The summed E-state index contributed by atoms with van der Waals surface area (Å²) in [4.78, 5) is 17.8. The molecule has 0 spiro atoms. The average Bonchev–Trinajstić information content (AvgIpc) is 3.42. The first kappa shape index (κ1) is 19.3. The number of rotatable bonds is 5. The van der Waals surface area contributed by atoms with Crippen LogP contribution in [0.2, 0.25) is 0 Å². The minimum atomic E-state index is -0.214. The van der Waals surface area contributed by atoms with Crippen LogP contribution in [0.5, 0.6) is 5.75 Å². The van der Waals surface area contributed by atoms with Gasteiger partial charge < -0.3 is 18.6 Å². The van der Waals surface area contributed by atoms with Gasteiger partial charge in [-0.25, -0.2) is 9.78 Å². The van der Waals surface area contributed by atoms with Crippen LogP contribution in [0.15, 0.2) is 47.7 Å². The summed E-state index contributed by atoms with van der Waals surface area (Å²) in [5.41, 5.74) is 2.08. The Bertz CT molecular complexity index is 1080. The van der Waals surface area contributed by atoms with Gasteiger partial charge in [-0.15, -0.1) is 0 Å². The molecule has 2 aromatic heterocycles. The first-order chi connectivity index (χ1) is 14.7. The molecule has 5 rings (SSSR count). The monoisotopic (exact) mass is 408 g/mol. The molecule has 0 radical (unpaired) electrons. The fraction of sp³-hybridized carbons (Fsp3) is 0.478. The smallest absolute Gasteiger partial charge is 0.347 e. The van der Waals surface area contributed by atoms with E-state index < -0.39 is 0 Å². The third-order valence-electron chi connectivity index (χ3n) is 6.26. The van der Waals surface area contributed by atoms with Gasteiger partial charge in [0.1, 0.15) is 11.9 Å². The lowest BCUT2D eigenvalue weighted by Crippen LogP contribution is -2.38. The number of ether oxygens (including phenoxy) is 2. The second kappa shape index (κ2) is 8.24. The summed E-state index contributed by atoms with van der Waals surface area (Å²) in [6.45, 7) is 4.40. The maximum absolute atomic E-state index is 11.5. The summed E-state index contributed by atoms with van der Waals surface area (Å²) in [6.07, 6.45) is 9.01. The molecule has 2 fully saturated rings. The minimum absolute atomic E-state index is 0.214. The van der Waals surface area contributed by atoms with Crippen LogP contribution in [0.1, 0.15) is 30.9 Å². The highest BCUT2D eigenvalue weighted by atomic mass is 16.5. The van der Waals surface area contributed by atoms with Crippen molar-refractivity contribution in [2.45, 2.75) is 38.0 Å². The molecule has 2 aliphatic heterocycles. The number of aryl methyl sites for hydroxylation is 1. The van der Waals surface area contributed by atoms with Crippen molar-refractivity contribution in [2.24, 2.45) is 7.05 Å². The van der Waals surface area contributed by atoms with Gasteiger partial charge in [0.2, 0.25) is 0 Å². The van der Waals surface area contributed by atoms with E-state index in [0.717, 1.165) is 63.4 Å². The van der Waals surface area contributed by atoms with E-state index in [1.165, 1.54) is 15.5 Å². The van der Waals surface area contributed by atoms with Crippen LogP contribution in [0.4, 0.5) is 0 Å². The van der Waals surface area contributed by atoms with Gasteiger partial charge in [0.15, 0.2) is 0 Å². The molecule has 1 unspecified atom stereocenters. The van der Waals surface area contributed by atoms with Crippen molar-refractivity contribution in [1.29, 1.82) is 0 Å². The molecular formula is C23H28N4O3.